The molecule has 0 aliphatic carbocycles. The van der Waals surface area contributed by atoms with E-state index in [2.05, 4.69) is 5.32 Å². The Morgan fingerprint density at radius 2 is 1.90 bits per heavy atom. The summed E-state index contributed by atoms with van der Waals surface area (Å²) >= 11 is 0. The molecule has 0 aliphatic rings. The van der Waals surface area contributed by atoms with Crippen LogP contribution in [0.15, 0.2) is 24.3 Å². The van der Waals surface area contributed by atoms with Crippen molar-refractivity contribution in [2.45, 2.75) is 38.5 Å². The molecule has 7 heteroatoms. The Kier molecular flexibility index (Phi) is 5.22. The molecule has 0 aromatic heterocycles. The van der Waals surface area contributed by atoms with E-state index >= 15 is 0 Å². The molecule has 0 aliphatic heterocycles. The predicted molar refractivity (Wildman–Crippen MR) is 71.3 cm³/mol. The molecule has 0 heterocycles. The number of hydrogen-bond donors (Lipinski definition) is 2. The third-order valence-corrected chi connectivity index (χ3v) is 2.79. The Hall–Kier alpha value is -1.76. The van der Waals surface area contributed by atoms with Gasteiger partial charge < -0.3 is 9.84 Å². The van der Waals surface area contributed by atoms with E-state index in [0.29, 0.717) is 0 Å². The highest BCUT2D eigenvalue weighted by molar-refractivity contribution is 5.78. The first-order chi connectivity index (χ1) is 9.56. The number of para-hydroxylation sites is 1. The molecule has 1 aromatic carbocycles. The van der Waals surface area contributed by atoms with Crippen molar-refractivity contribution in [1.29, 1.82) is 0 Å². The van der Waals surface area contributed by atoms with Crippen LogP contribution in [0.1, 0.15) is 26.3 Å². The number of ether oxygens (including phenoxy) is 1. The van der Waals surface area contributed by atoms with Gasteiger partial charge in [0, 0.05) is 6.04 Å². The Bertz CT molecular complexity index is 502. The normalized spacial score (nSPS) is 14.8. The lowest BCUT2D eigenvalue weighted by Crippen LogP contribution is -2.56. The van der Waals surface area contributed by atoms with Crippen LogP contribution in [0, 0.1) is 0 Å². The number of rotatable bonds is 6. The third-order valence-electron chi connectivity index (χ3n) is 2.79. The second kappa shape index (κ2) is 6.34. The van der Waals surface area contributed by atoms with Gasteiger partial charge in [0.25, 0.3) is 0 Å². The molecule has 4 nitrogen and oxygen atoms in total. The molecular formula is C14H18F3NO3. The fraction of sp³-hybridized carbons (Fsp3) is 0.500. The van der Waals surface area contributed by atoms with E-state index in [1.807, 2.05) is 0 Å². The number of benzene rings is 1. The van der Waals surface area contributed by atoms with Crippen LogP contribution in [-0.2, 0) is 11.0 Å². The average molecular weight is 305 g/mol. The number of carbonyl (C=O) groups is 1. The summed E-state index contributed by atoms with van der Waals surface area (Å²) in [6.45, 7) is 4.43. The van der Waals surface area contributed by atoms with Gasteiger partial charge in [-0.15, -0.1) is 0 Å². The summed E-state index contributed by atoms with van der Waals surface area (Å²) in [7, 11) is 0. The van der Waals surface area contributed by atoms with Gasteiger partial charge in [-0.05, 0) is 32.9 Å². The number of alkyl halides is 3. The van der Waals surface area contributed by atoms with Gasteiger partial charge in [0.15, 0.2) is 0 Å². The molecular weight excluding hydrogens is 287 g/mol. The van der Waals surface area contributed by atoms with Crippen molar-refractivity contribution in [3.8, 4) is 5.75 Å². The molecule has 1 atom stereocenters. The summed E-state index contributed by atoms with van der Waals surface area (Å²) in [4.78, 5) is 11.3. The minimum absolute atomic E-state index is 0.160. The van der Waals surface area contributed by atoms with Crippen LogP contribution in [0.3, 0.4) is 0 Å². The standard InChI is InChI=1S/C14H18F3NO3/c1-9(2)18-13(3,12(19)20)8-21-11-7-5-4-6-10(11)14(15,16)17/h4-7,9,18H,8H2,1-3H3,(H,19,20). The van der Waals surface area contributed by atoms with Crippen LogP contribution in [0.2, 0.25) is 0 Å². The monoisotopic (exact) mass is 305 g/mol. The molecule has 2 N–H and O–H groups in total. The summed E-state index contributed by atoms with van der Waals surface area (Å²) in [6.07, 6.45) is -4.55. The first-order valence-electron chi connectivity index (χ1n) is 6.36. The Morgan fingerprint density at radius 1 is 1.33 bits per heavy atom. The van der Waals surface area contributed by atoms with E-state index in [1.165, 1.54) is 25.1 Å². The Balaban J connectivity index is 2.94. The van der Waals surface area contributed by atoms with Crippen LogP contribution < -0.4 is 10.1 Å². The van der Waals surface area contributed by atoms with E-state index < -0.39 is 29.9 Å². The number of carboxylic acids is 1. The van der Waals surface area contributed by atoms with Crippen molar-refractivity contribution in [1.82, 2.24) is 5.32 Å². The van der Waals surface area contributed by atoms with Crippen LogP contribution >= 0.6 is 0 Å². The Labute approximate surface area is 120 Å². The van der Waals surface area contributed by atoms with E-state index in [-0.39, 0.29) is 11.8 Å². The van der Waals surface area contributed by atoms with Crippen molar-refractivity contribution in [3.05, 3.63) is 29.8 Å². The number of nitrogens with one attached hydrogen (secondary N) is 1. The van der Waals surface area contributed by atoms with Crippen molar-refractivity contribution < 1.29 is 27.8 Å². The van der Waals surface area contributed by atoms with Gasteiger partial charge in [-0.1, -0.05) is 12.1 Å². The summed E-state index contributed by atoms with van der Waals surface area (Å²) < 4.78 is 43.6. The average Bonchev–Trinajstić information content (AvgIpc) is 2.34. The lowest BCUT2D eigenvalue weighted by Gasteiger charge is -2.29. The lowest BCUT2D eigenvalue weighted by molar-refractivity contribution is -0.146. The molecule has 21 heavy (non-hydrogen) atoms. The van der Waals surface area contributed by atoms with Crippen LogP contribution in [0.5, 0.6) is 5.75 Å². The summed E-state index contributed by atoms with van der Waals surface area (Å²) in [6, 6.07) is 4.55. The molecule has 0 spiro atoms. The number of halogens is 3. The van der Waals surface area contributed by atoms with Crippen LogP contribution in [0.25, 0.3) is 0 Å². The molecule has 0 saturated heterocycles. The third kappa shape index (κ3) is 4.63. The number of hydrogen-bond acceptors (Lipinski definition) is 3. The maximum atomic E-state index is 12.8. The highest BCUT2D eigenvalue weighted by Crippen LogP contribution is 2.36. The molecule has 0 fully saturated rings. The van der Waals surface area contributed by atoms with Gasteiger partial charge in [0.2, 0.25) is 0 Å². The van der Waals surface area contributed by atoms with E-state index in [0.717, 1.165) is 6.07 Å². The minimum atomic E-state index is -4.55. The van der Waals surface area contributed by atoms with Crippen molar-refractivity contribution in [2.75, 3.05) is 6.61 Å². The zero-order valence-electron chi connectivity index (χ0n) is 12.0. The highest BCUT2D eigenvalue weighted by Gasteiger charge is 2.37. The fourth-order valence-corrected chi connectivity index (χ4v) is 1.85. The number of aliphatic carboxylic acids is 1. The first kappa shape index (κ1) is 17.3. The highest BCUT2D eigenvalue weighted by atomic mass is 19.4. The van der Waals surface area contributed by atoms with Gasteiger partial charge in [-0.2, -0.15) is 13.2 Å². The van der Waals surface area contributed by atoms with Gasteiger partial charge in [-0.3, -0.25) is 10.1 Å². The largest absolute Gasteiger partial charge is 0.490 e. The zero-order chi connectivity index (χ0) is 16.3. The molecule has 0 amide bonds. The van der Waals surface area contributed by atoms with Crippen molar-refractivity contribution in [3.63, 3.8) is 0 Å². The van der Waals surface area contributed by atoms with Crippen LogP contribution in [0.4, 0.5) is 13.2 Å². The second-order valence-corrected chi connectivity index (χ2v) is 5.22. The van der Waals surface area contributed by atoms with Gasteiger partial charge in [-0.25, -0.2) is 0 Å². The maximum absolute atomic E-state index is 12.8. The lowest BCUT2D eigenvalue weighted by atomic mass is 10.0. The van der Waals surface area contributed by atoms with Crippen molar-refractivity contribution in [2.24, 2.45) is 0 Å². The van der Waals surface area contributed by atoms with Gasteiger partial charge >= 0.3 is 12.1 Å². The topological polar surface area (TPSA) is 58.6 Å². The van der Waals surface area contributed by atoms with Gasteiger partial charge in [0.1, 0.15) is 17.9 Å². The summed E-state index contributed by atoms with van der Waals surface area (Å²) in [5.74, 6) is -1.58. The molecule has 1 rings (SSSR count). The summed E-state index contributed by atoms with van der Waals surface area (Å²) in [5.41, 5.74) is -2.41. The minimum Gasteiger partial charge on any atom is -0.490 e. The van der Waals surface area contributed by atoms with E-state index in [9.17, 15) is 23.1 Å². The molecule has 1 unspecified atom stereocenters. The Morgan fingerprint density at radius 3 is 2.38 bits per heavy atom. The quantitative estimate of drug-likeness (QED) is 0.848. The molecule has 1 aromatic rings. The zero-order valence-corrected chi connectivity index (χ0v) is 12.0. The molecule has 0 saturated carbocycles. The molecule has 0 radical (unpaired) electrons. The smallest absolute Gasteiger partial charge is 0.419 e. The SMILES string of the molecule is CC(C)NC(C)(COc1ccccc1C(F)(F)F)C(=O)O. The molecule has 0 bridgehead atoms. The second-order valence-electron chi connectivity index (χ2n) is 5.22. The van der Waals surface area contributed by atoms with E-state index in [1.54, 1.807) is 13.8 Å². The van der Waals surface area contributed by atoms with E-state index in [4.69, 9.17) is 4.74 Å². The predicted octanol–water partition coefficient (Wildman–Crippen LogP) is 2.93. The fourth-order valence-electron chi connectivity index (χ4n) is 1.85. The van der Waals surface area contributed by atoms with Crippen LogP contribution in [-0.4, -0.2) is 29.3 Å². The number of carboxylic acid groups (broad SMARTS) is 1. The summed E-state index contributed by atoms with van der Waals surface area (Å²) in [5, 5.41) is 12.0. The maximum Gasteiger partial charge on any atom is 0.419 e. The first-order valence-corrected chi connectivity index (χ1v) is 6.36. The van der Waals surface area contributed by atoms with Gasteiger partial charge in [0.05, 0.1) is 5.56 Å². The van der Waals surface area contributed by atoms with Crippen molar-refractivity contribution >= 4 is 5.97 Å². The molecule has 118 valence electrons.